The second-order valence-corrected chi connectivity index (χ2v) is 3.06. The summed E-state index contributed by atoms with van der Waals surface area (Å²) in [5.41, 5.74) is 1.20. The number of fused-ring (bicyclic) bond motifs is 1. The molecule has 64 valence electrons. The van der Waals surface area contributed by atoms with E-state index in [4.69, 9.17) is 0 Å². The van der Waals surface area contributed by atoms with Crippen molar-refractivity contribution in [1.82, 2.24) is 0 Å². The van der Waals surface area contributed by atoms with E-state index >= 15 is 0 Å². The third kappa shape index (κ3) is 1.59. The predicted octanol–water partition coefficient (Wildman–Crippen LogP) is 1.24. The minimum absolute atomic E-state index is 1.20. The maximum absolute atomic E-state index is 4.14. The van der Waals surface area contributed by atoms with Crippen molar-refractivity contribution < 1.29 is 0 Å². The Hall–Kier alpha value is -1.63. The lowest BCUT2D eigenvalue weighted by Gasteiger charge is -1.95. The smallest absolute Gasteiger partial charge is 0.0303 e. The largest absolute Gasteiger partial charge is 0.264 e. The molecule has 1 nitrogen and oxygen atoms in total. The van der Waals surface area contributed by atoms with Gasteiger partial charge in [-0.15, -0.1) is 0 Å². The van der Waals surface area contributed by atoms with Crippen LogP contribution in [-0.4, -0.2) is 6.21 Å². The van der Waals surface area contributed by atoms with Crippen LogP contribution in [0.5, 0.6) is 0 Å². The number of nitrogens with zero attached hydrogens (tertiary/aromatic N) is 1. The molecule has 0 N–H and O–H groups in total. The average Bonchev–Trinajstić information content (AvgIpc) is 2.14. The fourth-order valence-corrected chi connectivity index (χ4v) is 1.42. The summed E-state index contributed by atoms with van der Waals surface area (Å²) in [6.45, 7) is 2.08. The minimum Gasteiger partial charge on any atom is -0.264 e. The normalized spacial score (nSPS) is 26.1. The molecule has 13 heavy (non-hydrogen) atoms. The maximum Gasteiger partial charge on any atom is 0.0303 e. The second kappa shape index (κ2) is 3.40. The van der Waals surface area contributed by atoms with Gasteiger partial charge in [-0.2, -0.15) is 0 Å². The summed E-state index contributed by atoms with van der Waals surface area (Å²) in [6.07, 6.45) is 7.74. The Morgan fingerprint density at radius 1 is 1.15 bits per heavy atom. The molecule has 0 saturated heterocycles. The molecule has 0 amide bonds. The van der Waals surface area contributed by atoms with Crippen molar-refractivity contribution in [2.24, 2.45) is 4.99 Å². The number of rotatable bonds is 0. The molecule has 0 aromatic heterocycles. The van der Waals surface area contributed by atoms with Crippen molar-refractivity contribution in [2.75, 3.05) is 0 Å². The zero-order valence-electron chi connectivity index (χ0n) is 7.57. The second-order valence-electron chi connectivity index (χ2n) is 3.06. The zero-order chi connectivity index (χ0) is 9.10. The molecular weight excluding hydrogens is 158 g/mol. The Morgan fingerprint density at radius 2 is 2.00 bits per heavy atom. The molecule has 1 heterocycles. The lowest BCUT2D eigenvalue weighted by atomic mass is 10.1. The summed E-state index contributed by atoms with van der Waals surface area (Å²) in [4.78, 5) is 4.14. The molecule has 0 atom stereocenters. The first kappa shape index (κ1) is 7.99. The van der Waals surface area contributed by atoms with Gasteiger partial charge in [-0.25, -0.2) is 0 Å². The van der Waals surface area contributed by atoms with Crippen molar-refractivity contribution in [3.05, 3.63) is 47.0 Å². The van der Waals surface area contributed by atoms with Crippen molar-refractivity contribution in [1.29, 1.82) is 0 Å². The van der Waals surface area contributed by atoms with Gasteiger partial charge in [0.2, 0.25) is 0 Å². The summed E-state index contributed by atoms with van der Waals surface area (Å²) in [7, 11) is 0. The highest BCUT2D eigenvalue weighted by Gasteiger charge is 1.89. The Bertz CT molecular complexity index is 478. The summed E-state index contributed by atoms with van der Waals surface area (Å²) in [5, 5.41) is 2.51. The molecule has 2 rings (SSSR count). The summed E-state index contributed by atoms with van der Waals surface area (Å²) < 4.78 is 0. The van der Waals surface area contributed by atoms with Gasteiger partial charge in [-0.3, -0.25) is 4.99 Å². The lowest BCUT2D eigenvalue weighted by molar-refractivity contribution is 1.47. The van der Waals surface area contributed by atoms with E-state index in [1.54, 1.807) is 6.20 Å². The third-order valence-electron chi connectivity index (χ3n) is 2.10. The van der Waals surface area contributed by atoms with Gasteiger partial charge >= 0.3 is 0 Å². The van der Waals surface area contributed by atoms with Crippen LogP contribution in [0.15, 0.2) is 41.5 Å². The predicted molar refractivity (Wildman–Crippen MR) is 56.9 cm³/mol. The van der Waals surface area contributed by atoms with E-state index in [0.29, 0.717) is 0 Å². The molecule has 0 fully saturated rings. The first-order valence-corrected chi connectivity index (χ1v) is 4.34. The van der Waals surface area contributed by atoms with E-state index < -0.39 is 0 Å². The molecule has 0 bridgehead atoms. The molecule has 0 radical (unpaired) electrons. The molecule has 0 aliphatic carbocycles. The molecule has 0 saturated carbocycles. The van der Waals surface area contributed by atoms with Crippen LogP contribution in [0.2, 0.25) is 0 Å². The monoisotopic (exact) mass is 169 g/mol. The Kier molecular flexibility index (Phi) is 2.09. The molecule has 1 aliphatic heterocycles. The number of hydrogen-bond donors (Lipinski definition) is 0. The van der Waals surface area contributed by atoms with Gasteiger partial charge in [0.05, 0.1) is 0 Å². The van der Waals surface area contributed by atoms with Crippen molar-refractivity contribution in [2.45, 2.75) is 6.92 Å². The van der Waals surface area contributed by atoms with Crippen molar-refractivity contribution in [3.8, 4) is 0 Å². The van der Waals surface area contributed by atoms with Crippen LogP contribution in [-0.2, 0) is 0 Å². The average molecular weight is 169 g/mol. The topological polar surface area (TPSA) is 12.4 Å². The first-order valence-electron chi connectivity index (χ1n) is 4.34. The summed E-state index contributed by atoms with van der Waals surface area (Å²) in [5.74, 6) is 0. The molecule has 1 aliphatic rings. The highest BCUT2D eigenvalue weighted by molar-refractivity contribution is 6.01. The van der Waals surface area contributed by atoms with E-state index in [1.807, 2.05) is 12.3 Å². The quantitative estimate of drug-likeness (QED) is 0.554. The van der Waals surface area contributed by atoms with Crippen LogP contribution in [0.4, 0.5) is 0 Å². The van der Waals surface area contributed by atoms with Gasteiger partial charge in [0, 0.05) is 12.4 Å². The standard InChI is InChI=1S/C12H11N/c1-10-9-13-8-4-6-11-5-2-3-7-12(10)11/h2-9H,1H3/b6-4?,8-4-,10-9?,11-6-,12-10-,13-8?,13-9-. The molecule has 0 unspecified atom stereocenters. The van der Waals surface area contributed by atoms with Crippen LogP contribution in [0, 0.1) is 0 Å². The van der Waals surface area contributed by atoms with Crippen molar-refractivity contribution in [3.63, 3.8) is 0 Å². The third-order valence-corrected chi connectivity index (χ3v) is 2.10. The van der Waals surface area contributed by atoms with Gasteiger partial charge < -0.3 is 0 Å². The van der Waals surface area contributed by atoms with Crippen LogP contribution >= 0.6 is 0 Å². The lowest BCUT2D eigenvalue weighted by Crippen LogP contribution is -2.26. The highest BCUT2D eigenvalue weighted by Crippen LogP contribution is 1.88. The highest BCUT2D eigenvalue weighted by atomic mass is 14.7. The number of aliphatic imine (C=N–C) groups is 1. The summed E-state index contributed by atoms with van der Waals surface area (Å²) in [6, 6.07) is 8.33. The molecule has 1 aromatic carbocycles. The van der Waals surface area contributed by atoms with E-state index in [2.05, 4.69) is 42.3 Å². The molecule has 0 spiro atoms. The summed E-state index contributed by atoms with van der Waals surface area (Å²) >= 11 is 0. The van der Waals surface area contributed by atoms with Gasteiger partial charge in [-0.05, 0) is 29.0 Å². The molecule has 1 heteroatoms. The number of benzene rings is 1. The van der Waals surface area contributed by atoms with Gasteiger partial charge in [0.15, 0.2) is 0 Å². The Balaban J connectivity index is 2.89. The van der Waals surface area contributed by atoms with Crippen LogP contribution in [0.1, 0.15) is 6.92 Å². The zero-order valence-corrected chi connectivity index (χ0v) is 7.57. The van der Waals surface area contributed by atoms with Crippen LogP contribution in [0.25, 0.3) is 11.6 Å². The van der Waals surface area contributed by atoms with Crippen LogP contribution < -0.4 is 10.4 Å². The van der Waals surface area contributed by atoms with E-state index in [-0.39, 0.29) is 0 Å². The first-order chi connectivity index (χ1) is 6.38. The van der Waals surface area contributed by atoms with E-state index in [9.17, 15) is 0 Å². The van der Waals surface area contributed by atoms with Crippen molar-refractivity contribution >= 4 is 17.9 Å². The Morgan fingerprint density at radius 3 is 2.92 bits per heavy atom. The minimum atomic E-state index is 1.20. The van der Waals surface area contributed by atoms with Crippen LogP contribution in [0.3, 0.4) is 0 Å². The van der Waals surface area contributed by atoms with Gasteiger partial charge in [0.25, 0.3) is 0 Å². The number of hydrogen-bond acceptors (Lipinski definition) is 1. The van der Waals surface area contributed by atoms with Gasteiger partial charge in [0.1, 0.15) is 0 Å². The van der Waals surface area contributed by atoms with Gasteiger partial charge in [-0.1, -0.05) is 30.3 Å². The number of allylic oxidation sites excluding steroid dienone is 1. The van der Waals surface area contributed by atoms with E-state index in [0.717, 1.165) is 0 Å². The fraction of sp³-hybridized carbons (Fsp3) is 0.0833. The van der Waals surface area contributed by atoms with E-state index in [1.165, 1.54) is 16.0 Å². The maximum atomic E-state index is 4.14. The Labute approximate surface area is 77.4 Å². The fourth-order valence-electron chi connectivity index (χ4n) is 1.42. The molecule has 1 aromatic rings. The molecular formula is C12H11N. The SMILES string of the molecule is CC1=c2\cccc\c2=C\C=C/N=C\1.